The van der Waals surface area contributed by atoms with Crippen LogP contribution in [0.5, 0.6) is 5.75 Å². The van der Waals surface area contributed by atoms with Gasteiger partial charge in [-0.25, -0.2) is 4.98 Å². The minimum atomic E-state index is -1.30. The Kier molecular flexibility index (Phi) is 4.58. The molecule has 3 aromatic rings. The van der Waals surface area contributed by atoms with E-state index in [1.54, 1.807) is 48.7 Å². The molecular weight excluding hydrogens is 308 g/mol. The Morgan fingerprint density at radius 2 is 2.08 bits per heavy atom. The highest BCUT2D eigenvalue weighted by atomic mass is 16.5. The molecule has 122 valence electrons. The van der Waals surface area contributed by atoms with Gasteiger partial charge in [-0.2, -0.15) is 0 Å². The molecule has 0 aliphatic carbocycles. The summed E-state index contributed by atoms with van der Waals surface area (Å²) in [6, 6.07) is 13.8. The Bertz CT molecular complexity index is 831. The molecule has 3 rings (SSSR count). The number of amides is 1. The van der Waals surface area contributed by atoms with Crippen LogP contribution in [0.15, 0.2) is 65.4 Å². The van der Waals surface area contributed by atoms with Crippen LogP contribution in [0.2, 0.25) is 0 Å². The minimum absolute atomic E-state index is 0.454. The predicted octanol–water partition coefficient (Wildman–Crippen LogP) is 3.02. The summed E-state index contributed by atoms with van der Waals surface area (Å²) < 4.78 is 10.3. The number of nitrogens with one attached hydrogen (secondary N) is 1. The summed E-state index contributed by atoms with van der Waals surface area (Å²) in [6.45, 7) is 0. The molecule has 6 nitrogen and oxygen atoms in total. The van der Waals surface area contributed by atoms with Gasteiger partial charge in [-0.15, -0.1) is 0 Å². The van der Waals surface area contributed by atoms with Crippen LogP contribution >= 0.6 is 0 Å². The van der Waals surface area contributed by atoms with Gasteiger partial charge in [0.25, 0.3) is 5.91 Å². The maximum Gasteiger partial charge on any atom is 0.257 e. The van der Waals surface area contributed by atoms with Crippen LogP contribution in [0, 0.1) is 0 Å². The fourth-order valence-electron chi connectivity index (χ4n) is 2.27. The van der Waals surface area contributed by atoms with Crippen molar-refractivity contribution in [3.05, 3.63) is 66.6 Å². The van der Waals surface area contributed by atoms with Crippen molar-refractivity contribution in [1.29, 1.82) is 0 Å². The number of anilines is 1. The van der Waals surface area contributed by atoms with Crippen molar-refractivity contribution in [2.45, 2.75) is 6.10 Å². The first-order valence-electron chi connectivity index (χ1n) is 7.30. The molecule has 0 fully saturated rings. The molecule has 0 radical (unpaired) electrons. The van der Waals surface area contributed by atoms with Crippen LogP contribution in [0.3, 0.4) is 0 Å². The third-order valence-corrected chi connectivity index (χ3v) is 3.47. The molecular formula is C18H16N2O4. The first-order chi connectivity index (χ1) is 11.7. The van der Waals surface area contributed by atoms with Crippen molar-refractivity contribution < 1.29 is 19.1 Å². The largest absolute Gasteiger partial charge is 0.497 e. The molecule has 2 N–H and O–H groups in total. The lowest BCUT2D eigenvalue weighted by atomic mass is 10.1. The van der Waals surface area contributed by atoms with Gasteiger partial charge < -0.3 is 19.6 Å². The van der Waals surface area contributed by atoms with E-state index < -0.39 is 12.0 Å². The highest BCUT2D eigenvalue weighted by molar-refractivity contribution is 5.95. The monoisotopic (exact) mass is 324 g/mol. The molecule has 1 unspecified atom stereocenters. The number of aromatic nitrogens is 1. The number of aliphatic hydroxyl groups excluding tert-OH is 1. The SMILES string of the molecule is COc1cccc(C(O)C(=O)Nc2cccc(-c3ncco3)c2)c1. The highest BCUT2D eigenvalue weighted by Gasteiger charge is 2.18. The zero-order chi connectivity index (χ0) is 16.9. The third-order valence-electron chi connectivity index (χ3n) is 3.47. The number of ether oxygens (including phenoxy) is 1. The van der Waals surface area contributed by atoms with Gasteiger partial charge in [-0.05, 0) is 35.9 Å². The standard InChI is InChI=1S/C18H16N2O4/c1-23-15-7-3-4-12(11-15)16(21)17(22)20-14-6-2-5-13(10-14)18-19-8-9-24-18/h2-11,16,21H,1H3,(H,20,22). The quantitative estimate of drug-likeness (QED) is 0.753. The number of carbonyl (C=O) groups is 1. The number of methoxy groups -OCH3 is 1. The second-order valence-corrected chi connectivity index (χ2v) is 5.09. The van der Waals surface area contributed by atoms with Crippen molar-refractivity contribution in [3.8, 4) is 17.2 Å². The zero-order valence-corrected chi connectivity index (χ0v) is 13.0. The summed E-state index contributed by atoms with van der Waals surface area (Å²) in [5.41, 5.74) is 1.72. The first kappa shape index (κ1) is 15.8. The third kappa shape index (κ3) is 3.44. The van der Waals surface area contributed by atoms with Crippen molar-refractivity contribution in [3.63, 3.8) is 0 Å². The van der Waals surface area contributed by atoms with Crippen LogP contribution in [-0.4, -0.2) is 23.1 Å². The Morgan fingerprint density at radius 3 is 2.83 bits per heavy atom. The molecule has 2 aromatic carbocycles. The molecule has 0 saturated carbocycles. The second kappa shape index (κ2) is 6.97. The summed E-state index contributed by atoms with van der Waals surface area (Å²) in [6.07, 6.45) is 1.73. The van der Waals surface area contributed by atoms with Crippen molar-refractivity contribution in [2.24, 2.45) is 0 Å². The fraction of sp³-hybridized carbons (Fsp3) is 0.111. The van der Waals surface area contributed by atoms with Gasteiger partial charge in [0.2, 0.25) is 5.89 Å². The summed E-state index contributed by atoms with van der Waals surface area (Å²) >= 11 is 0. The Morgan fingerprint density at radius 1 is 1.25 bits per heavy atom. The highest BCUT2D eigenvalue weighted by Crippen LogP contribution is 2.23. The molecule has 0 saturated heterocycles. The number of aliphatic hydroxyl groups is 1. The minimum Gasteiger partial charge on any atom is -0.497 e. The van der Waals surface area contributed by atoms with Gasteiger partial charge >= 0.3 is 0 Å². The molecule has 1 heterocycles. The zero-order valence-electron chi connectivity index (χ0n) is 13.0. The summed E-state index contributed by atoms with van der Waals surface area (Å²) in [5, 5.41) is 12.9. The lowest BCUT2D eigenvalue weighted by Crippen LogP contribution is -2.20. The maximum atomic E-state index is 12.3. The molecule has 0 aliphatic heterocycles. The number of hydrogen-bond acceptors (Lipinski definition) is 5. The predicted molar refractivity (Wildman–Crippen MR) is 88.5 cm³/mol. The van der Waals surface area contributed by atoms with E-state index in [9.17, 15) is 9.90 Å². The molecule has 0 spiro atoms. The first-order valence-corrected chi connectivity index (χ1v) is 7.30. The van der Waals surface area contributed by atoms with Gasteiger partial charge in [0.05, 0.1) is 13.3 Å². The molecule has 6 heteroatoms. The molecule has 24 heavy (non-hydrogen) atoms. The molecule has 0 aliphatic rings. The summed E-state index contributed by atoms with van der Waals surface area (Å²) in [5.74, 6) is 0.498. The van der Waals surface area contributed by atoms with E-state index in [1.807, 2.05) is 6.07 Å². The average Bonchev–Trinajstić information content (AvgIpc) is 3.16. The van der Waals surface area contributed by atoms with Crippen LogP contribution in [0.25, 0.3) is 11.5 Å². The van der Waals surface area contributed by atoms with Crippen LogP contribution in [-0.2, 0) is 4.79 Å². The van der Waals surface area contributed by atoms with Crippen molar-refractivity contribution in [2.75, 3.05) is 12.4 Å². The number of oxazole rings is 1. The van der Waals surface area contributed by atoms with Gasteiger partial charge in [-0.3, -0.25) is 4.79 Å². The summed E-state index contributed by atoms with van der Waals surface area (Å²) in [4.78, 5) is 16.3. The Labute approximate surface area is 138 Å². The van der Waals surface area contributed by atoms with Gasteiger partial charge in [0.15, 0.2) is 6.10 Å². The van der Waals surface area contributed by atoms with E-state index >= 15 is 0 Å². The van der Waals surface area contributed by atoms with E-state index in [0.29, 0.717) is 22.9 Å². The topological polar surface area (TPSA) is 84.6 Å². The van der Waals surface area contributed by atoms with Crippen LogP contribution < -0.4 is 10.1 Å². The lowest BCUT2D eigenvalue weighted by Gasteiger charge is -2.13. The van der Waals surface area contributed by atoms with E-state index in [2.05, 4.69) is 10.3 Å². The average molecular weight is 324 g/mol. The molecule has 1 atom stereocenters. The smallest absolute Gasteiger partial charge is 0.257 e. The van der Waals surface area contributed by atoms with Gasteiger partial charge in [0, 0.05) is 11.3 Å². The Hall–Kier alpha value is -3.12. The van der Waals surface area contributed by atoms with Crippen LogP contribution in [0.1, 0.15) is 11.7 Å². The number of benzene rings is 2. The number of hydrogen-bond donors (Lipinski definition) is 2. The van der Waals surface area contributed by atoms with Crippen molar-refractivity contribution >= 4 is 11.6 Å². The number of carbonyl (C=O) groups excluding carboxylic acids is 1. The van der Waals surface area contributed by atoms with E-state index in [-0.39, 0.29) is 0 Å². The molecule has 0 bridgehead atoms. The normalized spacial score (nSPS) is 11.8. The van der Waals surface area contributed by atoms with E-state index in [1.165, 1.54) is 13.4 Å². The van der Waals surface area contributed by atoms with Gasteiger partial charge in [-0.1, -0.05) is 18.2 Å². The van der Waals surface area contributed by atoms with E-state index in [4.69, 9.17) is 9.15 Å². The van der Waals surface area contributed by atoms with Crippen LogP contribution in [0.4, 0.5) is 5.69 Å². The Balaban J connectivity index is 1.75. The molecule has 1 amide bonds. The number of rotatable bonds is 5. The fourth-order valence-corrected chi connectivity index (χ4v) is 2.27. The van der Waals surface area contributed by atoms with E-state index in [0.717, 1.165) is 5.56 Å². The summed E-state index contributed by atoms with van der Waals surface area (Å²) in [7, 11) is 1.53. The van der Waals surface area contributed by atoms with Crippen molar-refractivity contribution in [1.82, 2.24) is 4.98 Å². The molecule has 1 aromatic heterocycles. The lowest BCUT2D eigenvalue weighted by molar-refractivity contribution is -0.124. The maximum absolute atomic E-state index is 12.3. The second-order valence-electron chi connectivity index (χ2n) is 5.09. The van der Waals surface area contributed by atoms with Gasteiger partial charge in [0.1, 0.15) is 12.0 Å². The number of nitrogens with zero attached hydrogens (tertiary/aromatic N) is 1.